The monoisotopic (exact) mass is 278 g/mol. The van der Waals surface area contributed by atoms with Gasteiger partial charge in [-0.25, -0.2) is 9.89 Å². The van der Waals surface area contributed by atoms with E-state index >= 15 is 0 Å². The van der Waals surface area contributed by atoms with Gasteiger partial charge in [-0.1, -0.05) is 0 Å². The summed E-state index contributed by atoms with van der Waals surface area (Å²) in [7, 11) is 0. The normalized spacial score (nSPS) is 10.8. The van der Waals surface area contributed by atoms with Crippen LogP contribution in [-0.2, 0) is 6.42 Å². The van der Waals surface area contributed by atoms with E-state index in [0.29, 0.717) is 30.5 Å². The molecule has 0 spiro atoms. The van der Waals surface area contributed by atoms with Gasteiger partial charge < -0.3 is 10.1 Å². The predicted octanol–water partition coefficient (Wildman–Crippen LogP) is 0.720. The highest BCUT2D eigenvalue weighted by Gasteiger charge is 2.02. The van der Waals surface area contributed by atoms with Gasteiger partial charge in [0.1, 0.15) is 11.6 Å². The molecule has 0 atom stereocenters. The fourth-order valence-corrected chi connectivity index (χ4v) is 1.63. The second-order valence-corrected chi connectivity index (χ2v) is 4.56. The number of rotatable bonds is 7. The van der Waals surface area contributed by atoms with E-state index in [2.05, 4.69) is 30.5 Å². The number of aromatic amines is 2. The average molecular weight is 278 g/mol. The summed E-state index contributed by atoms with van der Waals surface area (Å²) in [5.74, 6) is 1.82. The van der Waals surface area contributed by atoms with Crippen molar-refractivity contribution in [3.63, 3.8) is 0 Å². The van der Waals surface area contributed by atoms with Crippen molar-refractivity contribution in [2.75, 3.05) is 11.9 Å². The van der Waals surface area contributed by atoms with Gasteiger partial charge in [0, 0.05) is 13.0 Å². The van der Waals surface area contributed by atoms with E-state index < -0.39 is 0 Å². The van der Waals surface area contributed by atoms with Crippen molar-refractivity contribution in [2.45, 2.75) is 32.8 Å². The van der Waals surface area contributed by atoms with E-state index in [4.69, 9.17) is 4.74 Å². The molecule has 2 heterocycles. The summed E-state index contributed by atoms with van der Waals surface area (Å²) in [5, 5.41) is 9.32. The van der Waals surface area contributed by atoms with Gasteiger partial charge in [-0.3, -0.25) is 9.97 Å². The van der Waals surface area contributed by atoms with Crippen molar-refractivity contribution in [1.82, 2.24) is 25.1 Å². The molecular formula is C12H18N6O2. The zero-order chi connectivity index (χ0) is 14.4. The van der Waals surface area contributed by atoms with Crippen molar-refractivity contribution >= 4 is 5.82 Å². The van der Waals surface area contributed by atoms with Crippen molar-refractivity contribution in [3.8, 4) is 5.88 Å². The largest absolute Gasteiger partial charge is 0.474 e. The minimum atomic E-state index is -0.280. The number of aromatic nitrogens is 5. The van der Waals surface area contributed by atoms with Gasteiger partial charge in [0.15, 0.2) is 0 Å². The molecule has 0 aliphatic rings. The van der Waals surface area contributed by atoms with Crippen LogP contribution in [0.15, 0.2) is 17.2 Å². The summed E-state index contributed by atoms with van der Waals surface area (Å²) in [6.07, 6.45) is 4.79. The van der Waals surface area contributed by atoms with Crippen LogP contribution in [0.1, 0.15) is 26.1 Å². The molecule has 0 bridgehead atoms. The third-order valence-corrected chi connectivity index (χ3v) is 2.42. The fraction of sp³-hybridized carbons (Fsp3) is 0.500. The Morgan fingerprint density at radius 3 is 2.95 bits per heavy atom. The van der Waals surface area contributed by atoms with Gasteiger partial charge in [-0.15, -0.1) is 0 Å². The van der Waals surface area contributed by atoms with Crippen LogP contribution in [0.2, 0.25) is 0 Å². The Balaban J connectivity index is 1.77. The van der Waals surface area contributed by atoms with Crippen molar-refractivity contribution in [2.24, 2.45) is 0 Å². The smallest absolute Gasteiger partial charge is 0.340 e. The van der Waals surface area contributed by atoms with E-state index in [1.165, 1.54) is 0 Å². The number of anilines is 1. The quantitative estimate of drug-likeness (QED) is 0.644. The summed E-state index contributed by atoms with van der Waals surface area (Å²) >= 11 is 0. The van der Waals surface area contributed by atoms with E-state index in [9.17, 15) is 4.79 Å². The van der Waals surface area contributed by atoms with Crippen molar-refractivity contribution in [1.29, 1.82) is 0 Å². The lowest BCUT2D eigenvalue weighted by Crippen LogP contribution is -2.10. The Labute approximate surface area is 116 Å². The molecule has 0 aliphatic heterocycles. The number of hydrogen-bond acceptors (Lipinski definition) is 6. The molecule has 2 rings (SSSR count). The van der Waals surface area contributed by atoms with Crippen LogP contribution in [-0.4, -0.2) is 37.8 Å². The topological polar surface area (TPSA) is 109 Å². The minimum absolute atomic E-state index is 0.0658. The number of nitrogens with zero attached hydrogens (tertiary/aromatic N) is 3. The number of aryl methyl sites for hydroxylation is 1. The first-order valence-corrected chi connectivity index (χ1v) is 6.49. The molecule has 3 N–H and O–H groups in total. The standard InChI is InChI=1S/C12H18N6O2/c1-8(2)20-11-7-13-6-10(15-11)14-5-3-4-9-16-12(19)18-17-9/h6-8H,3-5H2,1-2H3,(H,14,15)(H2,16,17,18,19). The Morgan fingerprint density at radius 2 is 2.25 bits per heavy atom. The summed E-state index contributed by atoms with van der Waals surface area (Å²) in [5.41, 5.74) is -0.280. The molecule has 0 amide bonds. The van der Waals surface area contributed by atoms with Gasteiger partial charge in [-0.05, 0) is 20.3 Å². The molecule has 108 valence electrons. The zero-order valence-corrected chi connectivity index (χ0v) is 11.5. The molecule has 0 saturated heterocycles. The van der Waals surface area contributed by atoms with Gasteiger partial charge >= 0.3 is 5.69 Å². The maximum atomic E-state index is 10.8. The highest BCUT2D eigenvalue weighted by molar-refractivity contribution is 5.33. The van der Waals surface area contributed by atoms with Crippen LogP contribution in [0.4, 0.5) is 5.82 Å². The maximum absolute atomic E-state index is 10.8. The molecule has 0 radical (unpaired) electrons. The molecule has 8 nitrogen and oxygen atoms in total. The Hall–Kier alpha value is -2.38. The summed E-state index contributed by atoms with van der Waals surface area (Å²) in [6.45, 7) is 4.58. The molecular weight excluding hydrogens is 260 g/mol. The molecule has 0 saturated carbocycles. The maximum Gasteiger partial charge on any atom is 0.340 e. The number of H-pyrrole nitrogens is 2. The van der Waals surface area contributed by atoms with Crippen LogP contribution >= 0.6 is 0 Å². The van der Waals surface area contributed by atoms with Gasteiger partial charge in [0.05, 0.1) is 18.5 Å². The average Bonchev–Trinajstić information content (AvgIpc) is 2.80. The Bertz CT molecular complexity index is 591. The Kier molecular flexibility index (Phi) is 4.70. The van der Waals surface area contributed by atoms with Crippen molar-refractivity contribution < 1.29 is 4.74 Å². The highest BCUT2D eigenvalue weighted by atomic mass is 16.5. The first kappa shape index (κ1) is 14.0. The third kappa shape index (κ3) is 4.38. The summed E-state index contributed by atoms with van der Waals surface area (Å²) < 4.78 is 5.47. The highest BCUT2D eigenvalue weighted by Crippen LogP contribution is 2.10. The first-order chi connectivity index (χ1) is 9.63. The second kappa shape index (κ2) is 6.69. The number of hydrogen-bond donors (Lipinski definition) is 3. The minimum Gasteiger partial charge on any atom is -0.474 e. The number of nitrogens with one attached hydrogen (secondary N) is 3. The van der Waals surface area contributed by atoms with E-state index in [1.807, 2.05) is 13.8 Å². The molecule has 2 aromatic heterocycles. The Morgan fingerprint density at radius 1 is 1.40 bits per heavy atom. The predicted molar refractivity (Wildman–Crippen MR) is 73.8 cm³/mol. The molecule has 2 aromatic rings. The lowest BCUT2D eigenvalue weighted by Gasteiger charge is -2.10. The summed E-state index contributed by atoms with van der Waals surface area (Å²) in [6, 6.07) is 0. The van der Waals surface area contributed by atoms with Crippen LogP contribution in [0.25, 0.3) is 0 Å². The number of ether oxygens (including phenoxy) is 1. The second-order valence-electron chi connectivity index (χ2n) is 4.56. The van der Waals surface area contributed by atoms with Gasteiger partial charge in [0.2, 0.25) is 5.88 Å². The lowest BCUT2D eigenvalue weighted by atomic mass is 10.3. The van der Waals surface area contributed by atoms with E-state index in [0.717, 1.165) is 6.42 Å². The molecule has 8 heteroatoms. The molecule has 0 aromatic carbocycles. The van der Waals surface area contributed by atoms with Gasteiger partial charge in [-0.2, -0.15) is 10.1 Å². The zero-order valence-electron chi connectivity index (χ0n) is 11.5. The fourth-order valence-electron chi connectivity index (χ4n) is 1.63. The third-order valence-electron chi connectivity index (χ3n) is 2.42. The molecule has 0 aliphatic carbocycles. The first-order valence-electron chi connectivity index (χ1n) is 6.49. The van der Waals surface area contributed by atoms with E-state index in [1.54, 1.807) is 12.4 Å². The van der Waals surface area contributed by atoms with Gasteiger partial charge in [0.25, 0.3) is 0 Å². The van der Waals surface area contributed by atoms with Crippen LogP contribution < -0.4 is 15.7 Å². The van der Waals surface area contributed by atoms with Crippen LogP contribution in [0.3, 0.4) is 0 Å². The van der Waals surface area contributed by atoms with Crippen LogP contribution in [0.5, 0.6) is 5.88 Å². The van der Waals surface area contributed by atoms with Crippen molar-refractivity contribution in [3.05, 3.63) is 28.7 Å². The SMILES string of the molecule is CC(C)Oc1cncc(NCCCc2n[nH]c(=O)[nH]2)n1. The summed E-state index contributed by atoms with van der Waals surface area (Å²) in [4.78, 5) is 21.8. The van der Waals surface area contributed by atoms with Crippen LogP contribution in [0, 0.1) is 0 Å². The molecule has 0 unspecified atom stereocenters. The van der Waals surface area contributed by atoms with E-state index in [-0.39, 0.29) is 11.8 Å². The molecule has 0 fully saturated rings. The molecule has 20 heavy (non-hydrogen) atoms. The lowest BCUT2D eigenvalue weighted by molar-refractivity contribution is 0.232.